The van der Waals surface area contributed by atoms with Crippen molar-refractivity contribution in [3.63, 3.8) is 0 Å². The zero-order valence-electron chi connectivity index (χ0n) is 20.5. The highest BCUT2D eigenvalue weighted by atomic mass is 16.3. The van der Waals surface area contributed by atoms with Gasteiger partial charge in [-0.25, -0.2) is 0 Å². The van der Waals surface area contributed by atoms with Gasteiger partial charge in [0, 0.05) is 0 Å². The number of carbonyl (C=O) groups excluding carboxylic acids is 2. The molecule has 0 spiro atoms. The third-order valence-corrected chi connectivity index (χ3v) is 7.74. The van der Waals surface area contributed by atoms with Crippen molar-refractivity contribution in [1.29, 1.82) is 0 Å². The summed E-state index contributed by atoms with van der Waals surface area (Å²) >= 11 is 0. The molecule has 0 aromatic rings. The fourth-order valence-corrected chi connectivity index (χ4v) is 5.51. The average Bonchev–Trinajstić information content (AvgIpc) is 2.64. The molecule has 1 saturated carbocycles. The van der Waals surface area contributed by atoms with Crippen LogP contribution in [0.4, 0.5) is 0 Å². The lowest BCUT2D eigenvalue weighted by atomic mass is 9.65. The molecule has 1 aliphatic rings. The maximum atomic E-state index is 14.1. The largest absolute Gasteiger partial charge is 0.388 e. The van der Waals surface area contributed by atoms with Gasteiger partial charge < -0.3 is 20.8 Å². The van der Waals surface area contributed by atoms with Crippen molar-refractivity contribution >= 4 is 11.8 Å². The standard InChI is InChI=1S/C24H46N2O4/c1-9-23(29,10-2)18(16(5)6)26(19(17(7)8)24(30,11-3)12-4)21(28)22(20(25)27)14-13-15-22/h16-19,29-30H,9-15H2,1-8H3,(H2,25,27). The van der Waals surface area contributed by atoms with Crippen LogP contribution >= 0.6 is 0 Å². The zero-order chi connectivity index (χ0) is 23.5. The molecule has 2 amide bonds. The maximum Gasteiger partial charge on any atom is 0.238 e. The third kappa shape index (κ3) is 4.55. The second-order valence-corrected chi connectivity index (χ2v) is 10.0. The van der Waals surface area contributed by atoms with E-state index in [2.05, 4.69) is 0 Å². The van der Waals surface area contributed by atoms with Crippen LogP contribution in [0.1, 0.15) is 100 Å². The SMILES string of the molecule is CCC(O)(CC)C(C(C)C)N(C(=O)C1(C(N)=O)CCC1)C(C(C)C)C(O)(CC)CC. The van der Waals surface area contributed by atoms with E-state index in [1.54, 1.807) is 4.90 Å². The van der Waals surface area contributed by atoms with Gasteiger partial charge in [-0.2, -0.15) is 0 Å². The van der Waals surface area contributed by atoms with Gasteiger partial charge in [0.05, 0.1) is 23.3 Å². The Morgan fingerprint density at radius 1 is 0.867 bits per heavy atom. The topological polar surface area (TPSA) is 104 Å². The summed E-state index contributed by atoms with van der Waals surface area (Å²) in [5.41, 5.74) is 2.28. The quantitative estimate of drug-likeness (QED) is 0.415. The molecule has 1 aliphatic carbocycles. The van der Waals surface area contributed by atoms with Gasteiger partial charge in [0.25, 0.3) is 0 Å². The van der Waals surface area contributed by atoms with Crippen molar-refractivity contribution in [2.24, 2.45) is 23.0 Å². The Kier molecular flexibility index (Phi) is 8.95. The normalized spacial score (nSPS) is 18.8. The number of nitrogens with two attached hydrogens (primary N) is 1. The van der Waals surface area contributed by atoms with Crippen LogP contribution in [0.5, 0.6) is 0 Å². The highest BCUT2D eigenvalue weighted by Gasteiger charge is 2.58. The van der Waals surface area contributed by atoms with Crippen LogP contribution in [0, 0.1) is 17.3 Å². The second kappa shape index (κ2) is 9.99. The molecule has 2 unspecified atom stereocenters. The van der Waals surface area contributed by atoms with Crippen LogP contribution < -0.4 is 5.73 Å². The Morgan fingerprint density at radius 3 is 1.37 bits per heavy atom. The first kappa shape index (κ1) is 26.9. The Bertz CT molecular complexity index is 560. The van der Waals surface area contributed by atoms with Crippen molar-refractivity contribution in [3.05, 3.63) is 0 Å². The van der Waals surface area contributed by atoms with Crippen LogP contribution in [0.2, 0.25) is 0 Å². The van der Waals surface area contributed by atoms with Crippen LogP contribution in [0.15, 0.2) is 0 Å². The lowest BCUT2D eigenvalue weighted by molar-refractivity contribution is -0.184. The molecule has 6 nitrogen and oxygen atoms in total. The first-order chi connectivity index (χ1) is 13.8. The van der Waals surface area contributed by atoms with Crippen molar-refractivity contribution in [3.8, 4) is 0 Å². The first-order valence-electron chi connectivity index (χ1n) is 11.9. The molecule has 0 aliphatic heterocycles. The Morgan fingerprint density at radius 2 is 1.20 bits per heavy atom. The molecular formula is C24H46N2O4. The molecule has 30 heavy (non-hydrogen) atoms. The van der Waals surface area contributed by atoms with Crippen molar-refractivity contribution < 1.29 is 19.8 Å². The van der Waals surface area contributed by atoms with Gasteiger partial charge in [0.1, 0.15) is 5.41 Å². The Hall–Kier alpha value is -1.14. The highest BCUT2D eigenvalue weighted by molar-refractivity contribution is 6.05. The molecule has 2 atom stereocenters. The van der Waals surface area contributed by atoms with Crippen molar-refractivity contribution in [2.75, 3.05) is 0 Å². The average molecular weight is 427 g/mol. The molecule has 0 aromatic carbocycles. The summed E-state index contributed by atoms with van der Waals surface area (Å²) in [6.45, 7) is 15.7. The van der Waals surface area contributed by atoms with Crippen molar-refractivity contribution in [2.45, 2.75) is 124 Å². The molecular weight excluding hydrogens is 380 g/mol. The smallest absolute Gasteiger partial charge is 0.238 e. The van der Waals surface area contributed by atoms with E-state index in [0.29, 0.717) is 38.5 Å². The lowest BCUT2D eigenvalue weighted by Gasteiger charge is -2.56. The maximum absolute atomic E-state index is 14.1. The second-order valence-electron chi connectivity index (χ2n) is 10.0. The summed E-state index contributed by atoms with van der Waals surface area (Å²) in [5.74, 6) is -1.05. The van der Waals surface area contributed by atoms with Gasteiger partial charge in [0.2, 0.25) is 11.8 Å². The summed E-state index contributed by atoms with van der Waals surface area (Å²) < 4.78 is 0. The van der Waals surface area contributed by atoms with Gasteiger partial charge in [-0.05, 0) is 50.4 Å². The number of primary amides is 1. The number of amides is 2. The molecule has 0 saturated heterocycles. The summed E-state index contributed by atoms with van der Waals surface area (Å²) in [6.07, 6.45) is 3.53. The van der Waals surface area contributed by atoms with E-state index < -0.39 is 34.6 Å². The summed E-state index contributed by atoms with van der Waals surface area (Å²) in [4.78, 5) is 28.3. The minimum absolute atomic E-state index is 0.0666. The third-order valence-electron chi connectivity index (χ3n) is 7.74. The number of hydrogen-bond acceptors (Lipinski definition) is 4. The number of aliphatic hydroxyl groups is 2. The lowest BCUT2D eigenvalue weighted by Crippen LogP contribution is -2.70. The van der Waals surface area contributed by atoms with Crippen LogP contribution in [0.3, 0.4) is 0 Å². The zero-order valence-corrected chi connectivity index (χ0v) is 20.5. The monoisotopic (exact) mass is 426 g/mol. The van der Waals surface area contributed by atoms with Crippen LogP contribution in [0.25, 0.3) is 0 Å². The fourth-order valence-electron chi connectivity index (χ4n) is 5.51. The van der Waals surface area contributed by atoms with E-state index in [9.17, 15) is 19.8 Å². The molecule has 176 valence electrons. The van der Waals surface area contributed by atoms with Crippen LogP contribution in [-0.4, -0.2) is 50.2 Å². The number of carbonyl (C=O) groups is 2. The highest BCUT2D eigenvalue weighted by Crippen LogP contribution is 2.47. The van der Waals surface area contributed by atoms with Gasteiger partial charge >= 0.3 is 0 Å². The molecule has 0 aromatic heterocycles. The van der Waals surface area contributed by atoms with E-state index in [0.717, 1.165) is 6.42 Å². The van der Waals surface area contributed by atoms with E-state index in [1.807, 2.05) is 55.4 Å². The number of nitrogens with zero attached hydrogens (tertiary/aromatic N) is 1. The molecule has 0 radical (unpaired) electrons. The minimum atomic E-state index is -1.23. The van der Waals surface area contributed by atoms with Crippen molar-refractivity contribution in [1.82, 2.24) is 4.90 Å². The Labute approximate surface area is 183 Å². The number of hydrogen-bond donors (Lipinski definition) is 3. The molecule has 1 rings (SSSR count). The van der Waals surface area contributed by atoms with Gasteiger partial charge in [-0.15, -0.1) is 0 Å². The number of rotatable bonds is 12. The summed E-state index contributed by atoms with van der Waals surface area (Å²) in [5, 5.41) is 23.2. The summed E-state index contributed by atoms with van der Waals surface area (Å²) in [7, 11) is 0. The predicted octanol–water partition coefficient (Wildman–Crippen LogP) is 3.62. The first-order valence-corrected chi connectivity index (χ1v) is 11.9. The molecule has 6 heteroatoms. The van der Waals surface area contributed by atoms with E-state index >= 15 is 0 Å². The molecule has 1 fully saturated rings. The summed E-state index contributed by atoms with van der Waals surface area (Å²) in [6, 6.07) is -1.07. The van der Waals surface area contributed by atoms with Crippen LogP contribution in [-0.2, 0) is 9.59 Å². The molecule has 0 heterocycles. The molecule has 0 bridgehead atoms. The predicted molar refractivity (Wildman–Crippen MR) is 121 cm³/mol. The fraction of sp³-hybridized carbons (Fsp3) is 0.917. The Balaban J connectivity index is 3.81. The van der Waals surface area contributed by atoms with E-state index in [4.69, 9.17) is 5.73 Å². The molecule has 4 N–H and O–H groups in total. The van der Waals surface area contributed by atoms with Gasteiger partial charge in [0.15, 0.2) is 0 Å². The van der Waals surface area contributed by atoms with Gasteiger partial charge in [-0.1, -0.05) is 61.8 Å². The van der Waals surface area contributed by atoms with E-state index in [1.165, 1.54) is 0 Å². The van der Waals surface area contributed by atoms with Gasteiger partial charge in [-0.3, -0.25) is 9.59 Å². The minimum Gasteiger partial charge on any atom is -0.388 e. The van der Waals surface area contributed by atoms with E-state index in [-0.39, 0.29) is 17.7 Å².